The number of benzene rings is 2. The van der Waals surface area contributed by atoms with Gasteiger partial charge >= 0.3 is 5.97 Å². The van der Waals surface area contributed by atoms with Gasteiger partial charge in [-0.05, 0) is 30.7 Å². The highest BCUT2D eigenvalue weighted by Gasteiger charge is 2.33. The summed E-state index contributed by atoms with van der Waals surface area (Å²) in [6.45, 7) is 0.619. The Bertz CT molecular complexity index is 1050. The molecule has 1 unspecified atom stereocenters. The molecule has 1 fully saturated rings. The number of likely N-dealkylation sites (tertiary alicyclic amines) is 1. The third kappa shape index (κ3) is 4.02. The van der Waals surface area contributed by atoms with Gasteiger partial charge in [0.25, 0.3) is 5.91 Å². The number of aliphatic carboxylic acids is 1. The molecular weight excluding hydrogens is 406 g/mol. The number of hydrogen-bond acceptors (Lipinski definition) is 4. The van der Waals surface area contributed by atoms with Gasteiger partial charge in [-0.3, -0.25) is 9.59 Å². The van der Waals surface area contributed by atoms with Crippen molar-refractivity contribution in [1.82, 2.24) is 14.7 Å². The Balaban J connectivity index is 0.00000256. The van der Waals surface area contributed by atoms with E-state index in [2.05, 4.69) is 5.10 Å². The average Bonchev–Trinajstić information content (AvgIpc) is 3.42. The maximum absolute atomic E-state index is 13.3. The van der Waals surface area contributed by atoms with E-state index in [0.29, 0.717) is 35.5 Å². The molecule has 0 saturated carbocycles. The van der Waals surface area contributed by atoms with Crippen molar-refractivity contribution >= 4 is 24.3 Å². The molecule has 156 valence electrons. The zero-order valence-electron chi connectivity index (χ0n) is 16.4. The smallest absolute Gasteiger partial charge is 0.308 e. The first-order valence-electron chi connectivity index (χ1n) is 9.39. The lowest BCUT2D eigenvalue weighted by Gasteiger charge is -2.16. The van der Waals surface area contributed by atoms with Gasteiger partial charge in [-0.25, -0.2) is 4.68 Å². The van der Waals surface area contributed by atoms with Crippen molar-refractivity contribution in [3.63, 3.8) is 0 Å². The molecule has 8 heteroatoms. The second-order valence-corrected chi connectivity index (χ2v) is 6.95. The van der Waals surface area contributed by atoms with Crippen LogP contribution >= 0.6 is 12.4 Å². The number of carbonyl (C=O) groups excluding carboxylic acids is 1. The van der Waals surface area contributed by atoms with Gasteiger partial charge in [0.1, 0.15) is 11.4 Å². The predicted molar refractivity (Wildman–Crippen MR) is 114 cm³/mol. The Kier molecular flexibility index (Phi) is 6.42. The maximum atomic E-state index is 13.3. The molecule has 1 N–H and O–H groups in total. The van der Waals surface area contributed by atoms with E-state index >= 15 is 0 Å². The number of nitrogens with zero attached hydrogens (tertiary/aromatic N) is 3. The monoisotopic (exact) mass is 427 g/mol. The van der Waals surface area contributed by atoms with Crippen LogP contribution in [0.5, 0.6) is 5.75 Å². The van der Waals surface area contributed by atoms with Crippen LogP contribution in [0, 0.1) is 5.92 Å². The van der Waals surface area contributed by atoms with Gasteiger partial charge in [0.05, 0.1) is 24.3 Å². The van der Waals surface area contributed by atoms with E-state index in [1.165, 1.54) is 0 Å². The Labute approximate surface area is 180 Å². The molecule has 1 saturated heterocycles. The molecule has 0 bridgehead atoms. The number of ether oxygens (including phenoxy) is 1. The summed E-state index contributed by atoms with van der Waals surface area (Å²) in [5.41, 5.74) is 2.47. The predicted octanol–water partition coefficient (Wildman–Crippen LogP) is 3.52. The SMILES string of the molecule is COc1ccccc1-c1nn(-c2ccccc2)cc1C(=O)N1CCC(C(=O)O)C1.Cl. The van der Waals surface area contributed by atoms with Crippen molar-refractivity contribution < 1.29 is 19.4 Å². The Morgan fingerprint density at radius 2 is 1.80 bits per heavy atom. The standard InChI is InChI=1S/C22H21N3O4.ClH/c1-29-19-10-6-5-9-17(19)20-18(14-25(23-20)16-7-3-2-4-8-16)21(26)24-12-11-15(13-24)22(27)28;/h2-10,14-15H,11-13H2,1H3,(H,27,28);1H. The first-order chi connectivity index (χ1) is 14.1. The zero-order valence-corrected chi connectivity index (χ0v) is 17.2. The first-order valence-corrected chi connectivity index (χ1v) is 9.39. The van der Waals surface area contributed by atoms with Crippen molar-refractivity contribution in [2.45, 2.75) is 6.42 Å². The minimum atomic E-state index is -0.870. The summed E-state index contributed by atoms with van der Waals surface area (Å²) in [4.78, 5) is 26.2. The summed E-state index contributed by atoms with van der Waals surface area (Å²) in [6.07, 6.45) is 2.16. The molecule has 3 aromatic rings. The van der Waals surface area contributed by atoms with Gasteiger partial charge in [0, 0.05) is 24.8 Å². The van der Waals surface area contributed by atoms with Crippen LogP contribution < -0.4 is 4.74 Å². The van der Waals surface area contributed by atoms with Gasteiger partial charge in [-0.1, -0.05) is 30.3 Å². The molecule has 4 rings (SSSR count). The number of hydrogen-bond donors (Lipinski definition) is 1. The normalized spacial score (nSPS) is 15.5. The number of carboxylic acids is 1. The van der Waals surface area contributed by atoms with E-state index in [4.69, 9.17) is 4.74 Å². The van der Waals surface area contributed by atoms with E-state index in [9.17, 15) is 14.7 Å². The highest BCUT2D eigenvalue weighted by atomic mass is 35.5. The largest absolute Gasteiger partial charge is 0.496 e. The van der Waals surface area contributed by atoms with E-state index < -0.39 is 11.9 Å². The van der Waals surface area contributed by atoms with Crippen molar-refractivity contribution in [2.75, 3.05) is 20.2 Å². The second kappa shape index (κ2) is 9.00. The summed E-state index contributed by atoms with van der Waals surface area (Å²) in [5, 5.41) is 13.9. The van der Waals surface area contributed by atoms with Crippen molar-refractivity contribution in [3.8, 4) is 22.7 Å². The molecule has 2 heterocycles. The van der Waals surface area contributed by atoms with Gasteiger partial charge in [-0.2, -0.15) is 5.10 Å². The minimum absolute atomic E-state index is 0. The number of amides is 1. The number of halogens is 1. The zero-order chi connectivity index (χ0) is 20.4. The van der Waals surface area contributed by atoms with E-state index in [0.717, 1.165) is 5.69 Å². The fourth-order valence-electron chi connectivity index (χ4n) is 3.60. The van der Waals surface area contributed by atoms with Crippen LogP contribution in [0.3, 0.4) is 0 Å². The van der Waals surface area contributed by atoms with Crippen LogP contribution in [0.1, 0.15) is 16.8 Å². The molecule has 1 aromatic heterocycles. The summed E-state index contributed by atoms with van der Waals surface area (Å²) in [7, 11) is 1.58. The number of aromatic nitrogens is 2. The van der Waals surface area contributed by atoms with Gasteiger partial charge in [0.15, 0.2) is 0 Å². The molecule has 1 aliphatic rings. The fourth-order valence-corrected chi connectivity index (χ4v) is 3.60. The molecule has 2 aromatic carbocycles. The summed E-state index contributed by atoms with van der Waals surface area (Å²) < 4.78 is 7.14. The Hall–Kier alpha value is -3.32. The van der Waals surface area contributed by atoms with Crippen molar-refractivity contribution in [1.29, 1.82) is 0 Å². The molecule has 0 aliphatic carbocycles. The lowest BCUT2D eigenvalue weighted by molar-refractivity contribution is -0.141. The Morgan fingerprint density at radius 3 is 2.47 bits per heavy atom. The number of methoxy groups -OCH3 is 1. The molecule has 30 heavy (non-hydrogen) atoms. The molecular formula is C22H22ClN3O4. The van der Waals surface area contributed by atoms with Crippen molar-refractivity contribution in [3.05, 3.63) is 66.4 Å². The molecule has 0 radical (unpaired) electrons. The quantitative estimate of drug-likeness (QED) is 0.673. The molecule has 7 nitrogen and oxygen atoms in total. The third-order valence-corrected chi connectivity index (χ3v) is 5.15. The lowest BCUT2D eigenvalue weighted by Crippen LogP contribution is -2.30. The third-order valence-electron chi connectivity index (χ3n) is 5.15. The van der Waals surface area contributed by atoms with Crippen LogP contribution in [-0.2, 0) is 4.79 Å². The van der Waals surface area contributed by atoms with E-state index in [1.54, 1.807) is 22.9 Å². The summed E-state index contributed by atoms with van der Waals surface area (Å²) >= 11 is 0. The van der Waals surface area contributed by atoms with Gasteiger partial charge in [0.2, 0.25) is 0 Å². The molecule has 1 amide bonds. The molecule has 1 atom stereocenters. The topological polar surface area (TPSA) is 84.7 Å². The van der Waals surface area contributed by atoms with Crippen molar-refractivity contribution in [2.24, 2.45) is 5.92 Å². The number of carboxylic acid groups (broad SMARTS) is 1. The van der Waals surface area contributed by atoms with Crippen LogP contribution in [0.2, 0.25) is 0 Å². The van der Waals surface area contributed by atoms with Crippen LogP contribution in [0.15, 0.2) is 60.8 Å². The molecule has 1 aliphatic heterocycles. The fraction of sp³-hybridized carbons (Fsp3) is 0.227. The number of carbonyl (C=O) groups is 2. The average molecular weight is 428 g/mol. The lowest BCUT2D eigenvalue weighted by atomic mass is 10.1. The highest BCUT2D eigenvalue weighted by molar-refractivity contribution is 6.01. The second-order valence-electron chi connectivity index (χ2n) is 6.95. The van der Waals surface area contributed by atoms with E-state index in [-0.39, 0.29) is 24.9 Å². The number of para-hydroxylation sites is 2. The minimum Gasteiger partial charge on any atom is -0.496 e. The van der Waals surface area contributed by atoms with Crippen LogP contribution in [0.4, 0.5) is 0 Å². The highest BCUT2D eigenvalue weighted by Crippen LogP contribution is 2.33. The van der Waals surface area contributed by atoms with Crippen LogP contribution in [0.25, 0.3) is 16.9 Å². The van der Waals surface area contributed by atoms with Gasteiger partial charge < -0.3 is 14.7 Å². The maximum Gasteiger partial charge on any atom is 0.308 e. The Morgan fingerprint density at radius 1 is 1.10 bits per heavy atom. The summed E-state index contributed by atoms with van der Waals surface area (Å²) in [5.74, 6) is -1.01. The first kappa shape index (κ1) is 21.4. The molecule has 0 spiro atoms. The van der Waals surface area contributed by atoms with Crippen LogP contribution in [-0.4, -0.2) is 51.9 Å². The van der Waals surface area contributed by atoms with Gasteiger partial charge in [-0.15, -0.1) is 12.4 Å². The van der Waals surface area contributed by atoms with E-state index in [1.807, 2.05) is 54.6 Å². The summed E-state index contributed by atoms with van der Waals surface area (Å²) in [6, 6.07) is 16.9. The number of rotatable bonds is 5.